The van der Waals surface area contributed by atoms with Crippen molar-refractivity contribution >= 4 is 103 Å². The molecule has 1 aliphatic carbocycles. The van der Waals surface area contributed by atoms with Crippen molar-refractivity contribution < 1.29 is 0 Å². The van der Waals surface area contributed by atoms with Crippen LogP contribution in [0.4, 0.5) is 0 Å². The van der Waals surface area contributed by atoms with Gasteiger partial charge in [0, 0.05) is 73.7 Å². The fraction of sp³-hybridized carbons (Fsp3) is 0.342. The van der Waals surface area contributed by atoms with E-state index in [0.29, 0.717) is 0 Å². The van der Waals surface area contributed by atoms with E-state index in [-0.39, 0.29) is 5.41 Å². The molecule has 0 N–H and O–H groups in total. The lowest BCUT2D eigenvalue weighted by molar-refractivity contribution is 0.660. The Bertz CT molecular complexity index is 4040. The second-order valence-corrected chi connectivity index (χ2v) is 32.8. The molecular formula is C79H84S8. The van der Waals surface area contributed by atoms with Gasteiger partial charge in [-0.3, -0.25) is 0 Å². The van der Waals surface area contributed by atoms with E-state index in [2.05, 4.69) is 198 Å². The van der Waals surface area contributed by atoms with Gasteiger partial charge in [0.1, 0.15) is 0 Å². The van der Waals surface area contributed by atoms with Gasteiger partial charge >= 0.3 is 0 Å². The minimum atomic E-state index is -0.120. The monoisotopic (exact) mass is 1290 g/mol. The van der Waals surface area contributed by atoms with E-state index in [4.69, 9.17) is 0 Å². The van der Waals surface area contributed by atoms with E-state index >= 15 is 0 Å². The molecule has 87 heavy (non-hydrogen) atoms. The number of hydrogen-bond donors (Lipinski definition) is 0. The number of rotatable bonds is 30. The van der Waals surface area contributed by atoms with Gasteiger partial charge in [0.15, 0.2) is 0 Å². The van der Waals surface area contributed by atoms with E-state index in [1.54, 1.807) is 0 Å². The van der Waals surface area contributed by atoms with Gasteiger partial charge in [-0.05, 0) is 208 Å². The van der Waals surface area contributed by atoms with Crippen LogP contribution in [0.25, 0.3) is 103 Å². The lowest BCUT2D eigenvalue weighted by Crippen LogP contribution is -2.15. The predicted molar refractivity (Wildman–Crippen MR) is 397 cm³/mol. The molecule has 0 spiro atoms. The Hall–Kier alpha value is -5.00. The number of fused-ring (bicyclic) bond motifs is 3. The van der Waals surface area contributed by atoms with Crippen LogP contribution in [0, 0.1) is 0 Å². The summed E-state index contributed by atoms with van der Waals surface area (Å²) in [6.07, 6.45) is 29.9. The molecule has 0 aliphatic heterocycles. The third kappa shape index (κ3) is 14.3. The standard InChI is InChI=1S/C79H84S8/c1-7-11-15-19-23-56-45-47-80-75(56)69-41-37-65(82-69)67-39-43-71(84-67)77-59(25-21-17-13-9-3)51-73(86-77)55-32-29-53(30-33-55)27-28-54-31-35-61-62-36-34-58(50-64(62)79(5,6)63(61)49-54)74-52-60(26-22-18-14-10-4)78(87-74)72-44-40-68(85-72)66-38-42-70(83-66)76-57(46-48-81-76)24-20-16-12-8-2/h27-52H,7-26H2,1-6H3/b28-27+. The number of unbranched alkanes of at least 4 members (excludes halogenated alkanes) is 12. The largest absolute Gasteiger partial charge is 0.143 e. The molecule has 0 radical (unpaired) electrons. The summed E-state index contributed by atoms with van der Waals surface area (Å²) in [5.41, 5.74) is 16.7. The van der Waals surface area contributed by atoms with Crippen LogP contribution in [0.2, 0.25) is 0 Å². The summed E-state index contributed by atoms with van der Waals surface area (Å²) < 4.78 is 0. The molecule has 0 amide bonds. The Kier molecular flexibility index (Phi) is 21.0. The minimum absolute atomic E-state index is 0.120. The number of hydrogen-bond acceptors (Lipinski definition) is 8. The van der Waals surface area contributed by atoms with Crippen molar-refractivity contribution in [3.63, 3.8) is 0 Å². The fourth-order valence-electron chi connectivity index (χ4n) is 12.7. The van der Waals surface area contributed by atoms with Crippen molar-refractivity contribution in [1.82, 2.24) is 0 Å². The number of benzene rings is 3. The second-order valence-electron chi connectivity index (χ2n) is 24.5. The summed E-state index contributed by atoms with van der Waals surface area (Å²) in [7, 11) is 0. The number of thiophene rings is 8. The van der Waals surface area contributed by atoms with Crippen LogP contribution in [0.3, 0.4) is 0 Å². The summed E-state index contributed by atoms with van der Waals surface area (Å²) in [5.74, 6) is 0. The highest BCUT2D eigenvalue weighted by Gasteiger charge is 2.36. The minimum Gasteiger partial charge on any atom is -0.143 e. The maximum atomic E-state index is 2.54. The van der Waals surface area contributed by atoms with E-state index < -0.39 is 0 Å². The van der Waals surface area contributed by atoms with Gasteiger partial charge in [-0.25, -0.2) is 0 Å². The highest BCUT2D eigenvalue weighted by atomic mass is 32.1. The van der Waals surface area contributed by atoms with Crippen LogP contribution in [0.1, 0.15) is 189 Å². The van der Waals surface area contributed by atoms with Crippen LogP contribution >= 0.6 is 90.7 Å². The molecule has 8 heterocycles. The molecule has 8 heteroatoms. The summed E-state index contributed by atoms with van der Waals surface area (Å²) in [6.45, 7) is 14.1. The van der Waals surface area contributed by atoms with Gasteiger partial charge in [0.25, 0.3) is 0 Å². The van der Waals surface area contributed by atoms with Crippen LogP contribution in [0.15, 0.2) is 144 Å². The average Bonchev–Trinajstić information content (AvgIpc) is 1.62. The molecule has 1 aliphatic rings. The molecule has 12 rings (SSSR count). The van der Waals surface area contributed by atoms with Gasteiger partial charge in [0.2, 0.25) is 0 Å². The molecule has 11 aromatic rings. The predicted octanol–water partition coefficient (Wildman–Crippen LogP) is 28.5. The zero-order chi connectivity index (χ0) is 59.7. The Labute approximate surface area is 552 Å². The zero-order valence-electron chi connectivity index (χ0n) is 51.9. The molecular weight excluding hydrogens is 1210 g/mol. The fourth-order valence-corrected chi connectivity index (χ4v) is 21.9. The maximum Gasteiger partial charge on any atom is 0.0481 e. The van der Waals surface area contributed by atoms with Crippen LogP contribution < -0.4 is 0 Å². The highest BCUT2D eigenvalue weighted by molar-refractivity contribution is 7.30. The number of aryl methyl sites for hydroxylation is 4. The Morgan fingerprint density at radius 3 is 1.13 bits per heavy atom. The maximum absolute atomic E-state index is 2.54. The molecule has 0 unspecified atom stereocenters. The molecule has 3 aromatic carbocycles. The third-order valence-electron chi connectivity index (χ3n) is 17.8. The highest BCUT2D eigenvalue weighted by Crippen LogP contribution is 2.53. The molecule has 0 saturated heterocycles. The first kappa shape index (κ1) is 62.2. The molecule has 0 nitrogen and oxygen atoms in total. The molecule has 8 aromatic heterocycles. The average molecular weight is 1290 g/mol. The second kappa shape index (κ2) is 29.3. The van der Waals surface area contributed by atoms with Crippen molar-refractivity contribution in [3.8, 4) is 90.5 Å². The van der Waals surface area contributed by atoms with E-state index in [1.807, 2.05) is 90.7 Å². The van der Waals surface area contributed by atoms with Crippen LogP contribution in [0.5, 0.6) is 0 Å². The Morgan fingerprint density at radius 2 is 0.667 bits per heavy atom. The van der Waals surface area contributed by atoms with E-state index in [0.717, 1.165) is 12.8 Å². The first-order chi connectivity index (χ1) is 42.7. The summed E-state index contributed by atoms with van der Waals surface area (Å²) >= 11 is 15.7. The normalized spacial score (nSPS) is 12.8. The van der Waals surface area contributed by atoms with Crippen molar-refractivity contribution in [1.29, 1.82) is 0 Å². The van der Waals surface area contributed by atoms with E-state index in [9.17, 15) is 0 Å². The quantitative estimate of drug-likeness (QED) is 0.0311. The first-order valence-electron chi connectivity index (χ1n) is 32.6. The smallest absolute Gasteiger partial charge is 0.0481 e. The third-order valence-corrected chi connectivity index (χ3v) is 27.6. The topological polar surface area (TPSA) is 0 Å². The van der Waals surface area contributed by atoms with Crippen molar-refractivity contribution in [2.24, 2.45) is 0 Å². The SMILES string of the molecule is CCCCCCc1ccsc1-c1ccc(-c2ccc(-c3sc(-c4ccc(/C=C/c5ccc6c(c5)C(C)(C)c5cc(-c7cc(CCCCCC)c(-c8ccc(-c9ccc(-c%10sccc%10CCCCCC)s9)s8)s7)ccc5-6)cc4)cc3CCCCCC)s2)s1. The van der Waals surface area contributed by atoms with E-state index in [1.165, 1.54) is 251 Å². The van der Waals surface area contributed by atoms with Crippen molar-refractivity contribution in [3.05, 3.63) is 189 Å². The van der Waals surface area contributed by atoms with Crippen LogP contribution in [-0.2, 0) is 31.1 Å². The first-order valence-corrected chi connectivity index (χ1v) is 39.2. The lowest BCUT2D eigenvalue weighted by atomic mass is 9.81. The zero-order valence-corrected chi connectivity index (χ0v) is 58.5. The molecule has 448 valence electrons. The summed E-state index contributed by atoms with van der Waals surface area (Å²) in [4.78, 5) is 19.8. The van der Waals surface area contributed by atoms with Gasteiger partial charge in [-0.2, -0.15) is 0 Å². The molecule has 0 bridgehead atoms. The van der Waals surface area contributed by atoms with Gasteiger partial charge in [0.05, 0.1) is 0 Å². The Morgan fingerprint density at radius 1 is 0.299 bits per heavy atom. The molecule has 0 saturated carbocycles. The van der Waals surface area contributed by atoms with Gasteiger partial charge in [-0.15, -0.1) is 90.7 Å². The van der Waals surface area contributed by atoms with Crippen LogP contribution in [-0.4, -0.2) is 0 Å². The summed E-state index contributed by atoms with van der Waals surface area (Å²) in [6, 6.07) is 52.6. The molecule has 0 fully saturated rings. The lowest BCUT2D eigenvalue weighted by Gasteiger charge is -2.22. The summed E-state index contributed by atoms with van der Waals surface area (Å²) in [5, 5.41) is 4.58. The molecule has 0 atom stereocenters. The Balaban J connectivity index is 0.737. The van der Waals surface area contributed by atoms with Crippen molar-refractivity contribution in [2.45, 2.75) is 175 Å². The van der Waals surface area contributed by atoms with Gasteiger partial charge < -0.3 is 0 Å². The van der Waals surface area contributed by atoms with Crippen molar-refractivity contribution in [2.75, 3.05) is 0 Å². The van der Waals surface area contributed by atoms with Gasteiger partial charge in [-0.1, -0.05) is 185 Å².